The van der Waals surface area contributed by atoms with E-state index in [0.717, 1.165) is 10.2 Å². The van der Waals surface area contributed by atoms with Gasteiger partial charge in [0.1, 0.15) is 29.0 Å². The van der Waals surface area contributed by atoms with Crippen LogP contribution in [0.5, 0.6) is 5.75 Å². The number of hydrogen-bond donors (Lipinski definition) is 1. The van der Waals surface area contributed by atoms with Crippen LogP contribution in [0.25, 0.3) is 22.4 Å². The molecule has 0 aliphatic heterocycles. The summed E-state index contributed by atoms with van der Waals surface area (Å²) in [4.78, 5) is 26.3. The lowest BCUT2D eigenvalue weighted by Crippen LogP contribution is -2.34. The maximum atomic E-state index is 14.0. The van der Waals surface area contributed by atoms with E-state index in [1.807, 2.05) is 36.4 Å². The van der Waals surface area contributed by atoms with Gasteiger partial charge in [0.15, 0.2) is 5.82 Å². The number of rotatable bonds is 7. The molecule has 36 heavy (non-hydrogen) atoms. The number of nitrogens with one attached hydrogen (secondary N) is 1. The summed E-state index contributed by atoms with van der Waals surface area (Å²) in [7, 11) is 1.56. The lowest BCUT2D eigenvalue weighted by molar-refractivity contribution is -0.122. The number of benzene rings is 2. The molecule has 0 spiro atoms. The molecule has 0 radical (unpaired) electrons. The molecule has 0 aliphatic rings. The number of nitrogens with zero attached hydrogens (tertiary/aromatic N) is 5. The van der Waals surface area contributed by atoms with Gasteiger partial charge in [0.05, 0.1) is 18.5 Å². The molecule has 0 unspecified atom stereocenters. The largest absolute Gasteiger partial charge is 0.496 e. The van der Waals surface area contributed by atoms with Gasteiger partial charge >= 0.3 is 0 Å². The van der Waals surface area contributed by atoms with Crippen LogP contribution in [0, 0.1) is 12.7 Å². The minimum atomic E-state index is -0.477. The summed E-state index contributed by atoms with van der Waals surface area (Å²) in [5.41, 5.74) is 1.63. The van der Waals surface area contributed by atoms with Crippen molar-refractivity contribution in [3.05, 3.63) is 100 Å². The fourth-order valence-corrected chi connectivity index (χ4v) is 4.11. The first-order valence-corrected chi connectivity index (χ1v) is 11.2. The first-order chi connectivity index (χ1) is 17.5. The first kappa shape index (κ1) is 23.0. The number of methoxy groups -OCH3 is 1. The third kappa shape index (κ3) is 4.24. The predicted octanol–water partition coefficient (Wildman–Crippen LogP) is 3.15. The van der Waals surface area contributed by atoms with Crippen LogP contribution in [0.1, 0.15) is 11.3 Å². The zero-order chi connectivity index (χ0) is 25.2. The number of amides is 1. The van der Waals surface area contributed by atoms with E-state index >= 15 is 0 Å². The highest BCUT2D eigenvalue weighted by Crippen LogP contribution is 2.25. The summed E-state index contributed by atoms with van der Waals surface area (Å²) in [6, 6.07) is 16.9. The summed E-state index contributed by atoms with van der Waals surface area (Å²) in [5, 5.41) is 12.0. The Morgan fingerprint density at radius 1 is 1.06 bits per heavy atom. The standard InChI is InChI=1S/C26H23FN6O3/c1-17-24-23(25(31-12-5-6-13-31)33(30-24)20-10-7-9-19(27)14-20)26(35)32(29-17)16-22(34)28-15-18-8-3-4-11-21(18)36-2/h3-14H,15-16H2,1-2H3,(H,28,34). The number of aromatic nitrogens is 5. The van der Waals surface area contributed by atoms with Gasteiger partial charge in [-0.05, 0) is 43.3 Å². The molecule has 0 bridgehead atoms. The summed E-state index contributed by atoms with van der Waals surface area (Å²) in [5.74, 6) is 0.282. The highest BCUT2D eigenvalue weighted by Gasteiger charge is 2.22. The van der Waals surface area contributed by atoms with Crippen LogP contribution in [0.4, 0.5) is 4.39 Å². The quantitative estimate of drug-likeness (QED) is 0.381. The molecule has 10 heteroatoms. The molecule has 0 saturated heterocycles. The molecule has 3 heterocycles. The molecule has 5 rings (SSSR count). The van der Waals surface area contributed by atoms with Gasteiger partial charge in [0.25, 0.3) is 5.56 Å². The van der Waals surface area contributed by atoms with Crippen LogP contribution in [0.3, 0.4) is 0 Å². The number of carbonyl (C=O) groups is 1. The molecular formula is C26H23FN6O3. The predicted molar refractivity (Wildman–Crippen MR) is 132 cm³/mol. The molecule has 182 valence electrons. The fourth-order valence-electron chi connectivity index (χ4n) is 4.11. The van der Waals surface area contributed by atoms with E-state index in [4.69, 9.17) is 4.74 Å². The third-order valence-electron chi connectivity index (χ3n) is 5.79. The average molecular weight is 487 g/mol. The van der Waals surface area contributed by atoms with Crippen molar-refractivity contribution in [3.63, 3.8) is 0 Å². The van der Waals surface area contributed by atoms with Gasteiger partial charge in [-0.3, -0.25) is 9.59 Å². The number of hydrogen-bond acceptors (Lipinski definition) is 5. The van der Waals surface area contributed by atoms with E-state index < -0.39 is 11.4 Å². The van der Waals surface area contributed by atoms with Crippen molar-refractivity contribution in [2.24, 2.45) is 0 Å². The molecule has 9 nitrogen and oxygen atoms in total. The van der Waals surface area contributed by atoms with Crippen LogP contribution < -0.4 is 15.6 Å². The summed E-state index contributed by atoms with van der Waals surface area (Å²) >= 11 is 0. The fraction of sp³-hybridized carbons (Fsp3) is 0.154. The molecule has 0 fully saturated rings. The Balaban J connectivity index is 1.54. The van der Waals surface area contributed by atoms with Crippen molar-refractivity contribution in [1.82, 2.24) is 29.4 Å². The number of aryl methyl sites for hydroxylation is 1. The minimum absolute atomic E-state index is 0.241. The van der Waals surface area contributed by atoms with Crippen molar-refractivity contribution in [2.75, 3.05) is 7.11 Å². The van der Waals surface area contributed by atoms with Crippen molar-refractivity contribution in [3.8, 4) is 17.3 Å². The molecule has 0 aliphatic carbocycles. The highest BCUT2D eigenvalue weighted by molar-refractivity contribution is 5.88. The Labute approximate surface area is 205 Å². The number of para-hydroxylation sites is 1. The number of ether oxygens (including phenoxy) is 1. The lowest BCUT2D eigenvalue weighted by Gasteiger charge is -2.11. The van der Waals surface area contributed by atoms with Gasteiger partial charge in [0.2, 0.25) is 5.91 Å². The molecule has 0 atom stereocenters. The average Bonchev–Trinajstić information content (AvgIpc) is 3.54. The van der Waals surface area contributed by atoms with E-state index in [1.165, 1.54) is 16.8 Å². The van der Waals surface area contributed by atoms with Crippen molar-refractivity contribution in [2.45, 2.75) is 20.0 Å². The first-order valence-electron chi connectivity index (χ1n) is 11.2. The molecule has 5 aromatic rings. The Morgan fingerprint density at radius 3 is 2.58 bits per heavy atom. The van der Waals surface area contributed by atoms with Gasteiger partial charge in [0, 0.05) is 24.5 Å². The van der Waals surface area contributed by atoms with Gasteiger partial charge in [-0.2, -0.15) is 10.2 Å². The Kier molecular flexibility index (Phi) is 6.07. The molecular weight excluding hydrogens is 463 g/mol. The van der Waals surface area contributed by atoms with Gasteiger partial charge in [-0.15, -0.1) is 0 Å². The van der Waals surface area contributed by atoms with Gasteiger partial charge < -0.3 is 14.6 Å². The number of halogens is 1. The second kappa shape index (κ2) is 9.49. The third-order valence-corrected chi connectivity index (χ3v) is 5.79. The Bertz CT molecular complexity index is 1620. The van der Waals surface area contributed by atoms with Crippen molar-refractivity contribution in [1.29, 1.82) is 0 Å². The summed E-state index contributed by atoms with van der Waals surface area (Å²) in [6.07, 6.45) is 3.54. The van der Waals surface area contributed by atoms with Gasteiger partial charge in [-0.25, -0.2) is 13.8 Å². The van der Waals surface area contributed by atoms with Crippen LogP contribution in [0.2, 0.25) is 0 Å². The smallest absolute Gasteiger partial charge is 0.280 e. The molecule has 3 aromatic heterocycles. The highest BCUT2D eigenvalue weighted by atomic mass is 19.1. The van der Waals surface area contributed by atoms with E-state index in [-0.39, 0.29) is 24.4 Å². The second-order valence-corrected chi connectivity index (χ2v) is 8.17. The molecule has 0 saturated carbocycles. The van der Waals surface area contributed by atoms with E-state index in [2.05, 4.69) is 15.5 Å². The maximum Gasteiger partial charge on any atom is 0.280 e. The van der Waals surface area contributed by atoms with E-state index in [1.54, 1.807) is 43.1 Å². The Hall–Kier alpha value is -4.73. The van der Waals surface area contributed by atoms with Crippen molar-refractivity contribution < 1.29 is 13.9 Å². The van der Waals surface area contributed by atoms with Crippen LogP contribution >= 0.6 is 0 Å². The lowest BCUT2D eigenvalue weighted by atomic mass is 10.2. The number of fused-ring (bicyclic) bond motifs is 1. The molecule has 2 aromatic carbocycles. The maximum absolute atomic E-state index is 14.0. The topological polar surface area (TPSA) is 96.0 Å². The van der Waals surface area contributed by atoms with Crippen LogP contribution in [0.15, 0.2) is 77.9 Å². The second-order valence-electron chi connectivity index (χ2n) is 8.17. The SMILES string of the molecule is COc1ccccc1CNC(=O)Cn1nc(C)c2nn(-c3cccc(F)c3)c(-n3cccc3)c2c1=O. The van der Waals surface area contributed by atoms with E-state index in [9.17, 15) is 14.0 Å². The van der Waals surface area contributed by atoms with Crippen LogP contribution in [-0.2, 0) is 17.9 Å². The Morgan fingerprint density at radius 2 is 1.83 bits per heavy atom. The summed E-state index contributed by atoms with van der Waals surface area (Å²) < 4.78 is 23.7. The monoisotopic (exact) mass is 486 g/mol. The summed E-state index contributed by atoms with van der Waals surface area (Å²) in [6.45, 7) is 1.68. The molecule has 1 N–H and O–H groups in total. The zero-order valence-corrected chi connectivity index (χ0v) is 19.7. The zero-order valence-electron chi connectivity index (χ0n) is 19.7. The minimum Gasteiger partial charge on any atom is -0.496 e. The van der Waals surface area contributed by atoms with Crippen molar-refractivity contribution >= 4 is 16.8 Å². The number of carbonyl (C=O) groups excluding carboxylic acids is 1. The normalized spacial score (nSPS) is 11.1. The van der Waals surface area contributed by atoms with Gasteiger partial charge in [-0.1, -0.05) is 24.3 Å². The van der Waals surface area contributed by atoms with Crippen LogP contribution in [-0.4, -0.2) is 37.1 Å². The van der Waals surface area contributed by atoms with E-state index in [0.29, 0.717) is 28.5 Å². The molecule has 1 amide bonds.